The number of aryl methyl sites for hydroxylation is 1. The lowest BCUT2D eigenvalue weighted by atomic mass is 10.2. The van der Waals surface area contributed by atoms with Gasteiger partial charge in [-0.05, 0) is 25.1 Å². The van der Waals surface area contributed by atoms with Crippen LogP contribution in [0.1, 0.15) is 11.3 Å². The van der Waals surface area contributed by atoms with Gasteiger partial charge in [0.2, 0.25) is 0 Å². The largest absolute Gasteiger partial charge is 0.506 e. The monoisotopic (exact) mass is 356 g/mol. The second kappa shape index (κ2) is 6.74. The Kier molecular flexibility index (Phi) is 4.49. The maximum Gasteiger partial charge on any atom is 0.271 e. The zero-order valence-electron chi connectivity index (χ0n) is 13.1. The molecule has 3 aromatic rings. The summed E-state index contributed by atoms with van der Waals surface area (Å²) >= 11 is 6.39. The van der Waals surface area contributed by atoms with Crippen LogP contribution < -0.4 is 0 Å². The normalized spacial score (nSPS) is 11.1. The van der Waals surface area contributed by atoms with Gasteiger partial charge < -0.3 is 5.11 Å². The highest BCUT2D eigenvalue weighted by Crippen LogP contribution is 2.31. The molecule has 0 radical (unpaired) electrons. The molecule has 0 aliphatic carbocycles. The topological polar surface area (TPSA) is 93.5 Å². The third-order valence-electron chi connectivity index (χ3n) is 3.55. The Labute approximate surface area is 148 Å². The van der Waals surface area contributed by atoms with E-state index in [4.69, 9.17) is 11.6 Å². The first kappa shape index (κ1) is 16.7. The number of halogens is 1. The highest BCUT2D eigenvalue weighted by molar-refractivity contribution is 6.32. The van der Waals surface area contributed by atoms with E-state index in [1.165, 1.54) is 24.4 Å². The SMILES string of the molecule is Cc1nn(-c2ccccc2)c(Cl)c1C=Nc1cc([N+](=O)[O-])ccc1O. The van der Waals surface area contributed by atoms with Crippen molar-refractivity contribution in [3.8, 4) is 11.4 Å². The predicted molar refractivity (Wildman–Crippen MR) is 95.3 cm³/mol. The Morgan fingerprint density at radius 3 is 2.68 bits per heavy atom. The Bertz CT molecular complexity index is 968. The molecule has 0 unspecified atom stereocenters. The van der Waals surface area contributed by atoms with Crippen molar-refractivity contribution >= 4 is 29.2 Å². The van der Waals surface area contributed by atoms with Gasteiger partial charge in [0.1, 0.15) is 16.6 Å². The lowest BCUT2D eigenvalue weighted by Gasteiger charge is -2.02. The number of nitrogens with zero attached hydrogens (tertiary/aromatic N) is 4. The number of benzene rings is 2. The fraction of sp³-hybridized carbons (Fsp3) is 0.0588. The summed E-state index contributed by atoms with van der Waals surface area (Å²) in [6.07, 6.45) is 1.43. The zero-order valence-corrected chi connectivity index (χ0v) is 13.9. The van der Waals surface area contributed by atoms with Gasteiger partial charge in [-0.15, -0.1) is 0 Å². The summed E-state index contributed by atoms with van der Waals surface area (Å²) in [5, 5.41) is 25.4. The van der Waals surface area contributed by atoms with Gasteiger partial charge in [0.25, 0.3) is 5.69 Å². The quantitative estimate of drug-likeness (QED) is 0.430. The fourth-order valence-corrected chi connectivity index (χ4v) is 2.58. The van der Waals surface area contributed by atoms with Crippen molar-refractivity contribution in [2.24, 2.45) is 4.99 Å². The van der Waals surface area contributed by atoms with E-state index in [1.54, 1.807) is 11.6 Å². The van der Waals surface area contributed by atoms with E-state index in [1.807, 2.05) is 30.3 Å². The van der Waals surface area contributed by atoms with Crippen LogP contribution in [0, 0.1) is 17.0 Å². The molecule has 0 bridgehead atoms. The molecule has 0 fully saturated rings. The maximum absolute atomic E-state index is 10.8. The Balaban J connectivity index is 1.99. The number of nitro groups is 1. The number of aliphatic imine (C=N–C) groups is 1. The maximum atomic E-state index is 10.8. The number of phenols is 1. The second-order valence-corrected chi connectivity index (χ2v) is 5.58. The minimum Gasteiger partial charge on any atom is -0.506 e. The molecule has 3 rings (SSSR count). The molecule has 1 heterocycles. The number of non-ortho nitro benzene ring substituents is 1. The highest BCUT2D eigenvalue weighted by atomic mass is 35.5. The predicted octanol–water partition coefficient (Wildman–Crippen LogP) is 4.20. The first-order valence-electron chi connectivity index (χ1n) is 7.29. The molecular weight excluding hydrogens is 344 g/mol. The van der Waals surface area contributed by atoms with Crippen molar-refractivity contribution in [3.63, 3.8) is 0 Å². The van der Waals surface area contributed by atoms with Crippen LogP contribution in [0.15, 0.2) is 53.5 Å². The van der Waals surface area contributed by atoms with Crippen molar-refractivity contribution in [2.45, 2.75) is 6.92 Å². The molecule has 0 atom stereocenters. The molecule has 0 aliphatic heterocycles. The van der Waals surface area contributed by atoms with Crippen molar-refractivity contribution in [1.29, 1.82) is 0 Å². The van der Waals surface area contributed by atoms with E-state index in [2.05, 4.69) is 10.1 Å². The smallest absolute Gasteiger partial charge is 0.271 e. The highest BCUT2D eigenvalue weighted by Gasteiger charge is 2.14. The van der Waals surface area contributed by atoms with Gasteiger partial charge in [-0.1, -0.05) is 29.8 Å². The average Bonchev–Trinajstić information content (AvgIpc) is 2.89. The molecule has 25 heavy (non-hydrogen) atoms. The van der Waals surface area contributed by atoms with Crippen LogP contribution in [-0.4, -0.2) is 26.0 Å². The fourth-order valence-electron chi connectivity index (χ4n) is 2.26. The van der Waals surface area contributed by atoms with E-state index in [9.17, 15) is 15.2 Å². The number of phenolic OH excluding ortho intramolecular Hbond substituents is 1. The van der Waals surface area contributed by atoms with Gasteiger partial charge in [-0.25, -0.2) is 4.68 Å². The van der Waals surface area contributed by atoms with Crippen LogP contribution in [0.25, 0.3) is 5.69 Å². The molecule has 0 saturated heterocycles. The number of aromatic nitrogens is 2. The van der Waals surface area contributed by atoms with Gasteiger partial charge in [-0.2, -0.15) is 5.10 Å². The second-order valence-electron chi connectivity index (χ2n) is 5.23. The van der Waals surface area contributed by atoms with Crippen molar-refractivity contribution in [2.75, 3.05) is 0 Å². The van der Waals surface area contributed by atoms with E-state index in [-0.39, 0.29) is 17.1 Å². The van der Waals surface area contributed by atoms with Crippen LogP contribution in [0.3, 0.4) is 0 Å². The molecule has 8 heteroatoms. The molecule has 1 N–H and O–H groups in total. The first-order chi connectivity index (χ1) is 12.0. The standard InChI is InChI=1S/C17H13ClN4O3/c1-11-14(17(18)21(20-11)12-5-3-2-4-6-12)10-19-15-9-13(22(24)25)7-8-16(15)23/h2-10,23H,1H3. The molecule has 0 aliphatic rings. The number of hydrogen-bond donors (Lipinski definition) is 1. The van der Waals surface area contributed by atoms with Crippen LogP contribution in [0.4, 0.5) is 11.4 Å². The van der Waals surface area contributed by atoms with Crippen molar-refractivity contribution in [1.82, 2.24) is 9.78 Å². The Morgan fingerprint density at radius 1 is 1.28 bits per heavy atom. The summed E-state index contributed by atoms with van der Waals surface area (Å²) in [6, 6.07) is 13.0. The molecule has 0 spiro atoms. The average molecular weight is 357 g/mol. The van der Waals surface area contributed by atoms with E-state index < -0.39 is 4.92 Å². The molecular formula is C17H13ClN4O3. The summed E-state index contributed by atoms with van der Waals surface area (Å²) in [7, 11) is 0. The first-order valence-corrected chi connectivity index (χ1v) is 7.67. The van der Waals surface area contributed by atoms with Crippen LogP contribution in [0.2, 0.25) is 5.15 Å². The number of para-hydroxylation sites is 1. The third-order valence-corrected chi connectivity index (χ3v) is 3.92. The van der Waals surface area contributed by atoms with Gasteiger partial charge in [-0.3, -0.25) is 15.1 Å². The minimum atomic E-state index is -0.551. The number of hydrogen-bond acceptors (Lipinski definition) is 5. The molecule has 2 aromatic carbocycles. The van der Waals surface area contributed by atoms with Crippen molar-refractivity contribution < 1.29 is 10.0 Å². The number of aromatic hydroxyl groups is 1. The summed E-state index contributed by atoms with van der Waals surface area (Å²) in [5.74, 6) is -0.161. The molecule has 0 saturated carbocycles. The van der Waals surface area contributed by atoms with Crippen LogP contribution in [0.5, 0.6) is 5.75 Å². The third kappa shape index (κ3) is 3.36. The minimum absolute atomic E-state index is 0.0807. The zero-order chi connectivity index (χ0) is 18.0. The summed E-state index contributed by atoms with van der Waals surface area (Å²) < 4.78 is 1.57. The number of nitro benzene ring substituents is 1. The van der Waals surface area contributed by atoms with Gasteiger partial charge >= 0.3 is 0 Å². The Hall–Kier alpha value is -3.19. The van der Waals surface area contributed by atoms with E-state index in [0.29, 0.717) is 16.4 Å². The van der Waals surface area contributed by atoms with Gasteiger partial charge in [0.15, 0.2) is 0 Å². The van der Waals surface area contributed by atoms with E-state index in [0.717, 1.165) is 5.69 Å². The number of rotatable bonds is 4. The van der Waals surface area contributed by atoms with Crippen LogP contribution in [-0.2, 0) is 0 Å². The molecule has 1 aromatic heterocycles. The van der Waals surface area contributed by atoms with Gasteiger partial charge in [0, 0.05) is 18.3 Å². The Morgan fingerprint density at radius 2 is 2.00 bits per heavy atom. The summed E-state index contributed by atoms with van der Waals surface area (Å²) in [5.41, 5.74) is 1.93. The van der Waals surface area contributed by atoms with Gasteiger partial charge in [0.05, 0.1) is 21.9 Å². The lowest BCUT2D eigenvalue weighted by molar-refractivity contribution is -0.384. The lowest BCUT2D eigenvalue weighted by Crippen LogP contribution is -1.96. The molecule has 126 valence electrons. The van der Waals surface area contributed by atoms with Crippen molar-refractivity contribution in [3.05, 3.63) is 75.1 Å². The molecule has 0 amide bonds. The molecule has 7 nitrogen and oxygen atoms in total. The van der Waals surface area contributed by atoms with E-state index >= 15 is 0 Å². The summed E-state index contributed by atoms with van der Waals surface area (Å²) in [6.45, 7) is 1.78. The summed E-state index contributed by atoms with van der Waals surface area (Å²) in [4.78, 5) is 14.4. The van der Waals surface area contributed by atoms with Crippen LogP contribution >= 0.6 is 11.6 Å².